The predicted octanol–water partition coefficient (Wildman–Crippen LogP) is 2.67. The Bertz CT molecular complexity index is 560. The molecule has 0 amide bonds. The van der Waals surface area contributed by atoms with Crippen LogP contribution in [-0.2, 0) is 0 Å². The molecule has 1 aromatic carbocycles. The van der Waals surface area contributed by atoms with Crippen LogP contribution in [0.3, 0.4) is 0 Å². The fourth-order valence-corrected chi connectivity index (χ4v) is 3.13. The SMILES string of the molecule is CCN(CC)CCNC(=NC)NC1CCN(c2c(F)cccc2F)C1.I. The van der Waals surface area contributed by atoms with Crippen molar-refractivity contribution in [2.45, 2.75) is 26.3 Å². The van der Waals surface area contributed by atoms with Crippen LogP contribution >= 0.6 is 24.0 Å². The zero-order valence-corrected chi connectivity index (χ0v) is 18.1. The van der Waals surface area contributed by atoms with Crippen LogP contribution in [0.5, 0.6) is 0 Å². The molecule has 0 aliphatic carbocycles. The third-order valence-corrected chi connectivity index (χ3v) is 4.62. The van der Waals surface area contributed by atoms with Crippen LogP contribution in [0, 0.1) is 11.6 Å². The molecule has 1 aromatic rings. The minimum atomic E-state index is -0.512. The normalized spacial score (nSPS) is 17.4. The van der Waals surface area contributed by atoms with Gasteiger partial charge in [-0.25, -0.2) is 8.78 Å². The molecule has 0 bridgehead atoms. The summed E-state index contributed by atoms with van der Waals surface area (Å²) in [6.45, 7) is 9.26. The summed E-state index contributed by atoms with van der Waals surface area (Å²) in [5.74, 6) is -0.294. The highest BCUT2D eigenvalue weighted by atomic mass is 127. The van der Waals surface area contributed by atoms with Gasteiger partial charge in [0.15, 0.2) is 5.96 Å². The number of nitrogens with zero attached hydrogens (tertiary/aromatic N) is 3. The molecule has 8 heteroatoms. The Labute approximate surface area is 172 Å². The van der Waals surface area contributed by atoms with Gasteiger partial charge in [-0.3, -0.25) is 4.99 Å². The van der Waals surface area contributed by atoms with Crippen LogP contribution in [0.1, 0.15) is 20.3 Å². The Morgan fingerprint density at radius 2 is 1.92 bits per heavy atom. The van der Waals surface area contributed by atoms with Crippen molar-refractivity contribution >= 4 is 35.6 Å². The van der Waals surface area contributed by atoms with Crippen molar-refractivity contribution < 1.29 is 8.78 Å². The van der Waals surface area contributed by atoms with Gasteiger partial charge in [-0.2, -0.15) is 0 Å². The number of para-hydroxylation sites is 1. The van der Waals surface area contributed by atoms with Gasteiger partial charge in [0, 0.05) is 39.3 Å². The molecule has 148 valence electrons. The predicted molar refractivity (Wildman–Crippen MR) is 115 cm³/mol. The molecule has 1 saturated heterocycles. The first-order valence-corrected chi connectivity index (χ1v) is 8.97. The third kappa shape index (κ3) is 6.22. The van der Waals surface area contributed by atoms with E-state index in [0.29, 0.717) is 13.1 Å². The first kappa shape index (κ1) is 22.9. The number of anilines is 1. The maximum absolute atomic E-state index is 13.9. The van der Waals surface area contributed by atoms with E-state index in [0.717, 1.165) is 38.6 Å². The molecule has 5 nitrogen and oxygen atoms in total. The van der Waals surface area contributed by atoms with Crippen molar-refractivity contribution in [3.8, 4) is 0 Å². The van der Waals surface area contributed by atoms with E-state index in [9.17, 15) is 8.78 Å². The van der Waals surface area contributed by atoms with Gasteiger partial charge in [-0.05, 0) is 31.6 Å². The zero-order chi connectivity index (χ0) is 18.2. The van der Waals surface area contributed by atoms with Crippen LogP contribution in [0.2, 0.25) is 0 Å². The van der Waals surface area contributed by atoms with Crippen LogP contribution in [0.4, 0.5) is 14.5 Å². The number of aliphatic imine (C=N–C) groups is 1. The van der Waals surface area contributed by atoms with Crippen LogP contribution < -0.4 is 15.5 Å². The quantitative estimate of drug-likeness (QED) is 0.357. The van der Waals surface area contributed by atoms with Gasteiger partial charge in [0.25, 0.3) is 0 Å². The van der Waals surface area contributed by atoms with E-state index in [4.69, 9.17) is 0 Å². The maximum Gasteiger partial charge on any atom is 0.191 e. The molecule has 2 N–H and O–H groups in total. The highest BCUT2D eigenvalue weighted by Crippen LogP contribution is 2.26. The second kappa shape index (κ2) is 11.5. The van der Waals surface area contributed by atoms with Crippen LogP contribution in [0.25, 0.3) is 0 Å². The van der Waals surface area contributed by atoms with Gasteiger partial charge in [0.05, 0.1) is 0 Å². The van der Waals surface area contributed by atoms with Gasteiger partial charge in [-0.1, -0.05) is 19.9 Å². The van der Waals surface area contributed by atoms with Crippen molar-refractivity contribution in [2.75, 3.05) is 51.2 Å². The summed E-state index contributed by atoms with van der Waals surface area (Å²) in [5, 5.41) is 6.65. The largest absolute Gasteiger partial charge is 0.365 e. The van der Waals surface area contributed by atoms with Crippen molar-refractivity contribution in [1.82, 2.24) is 15.5 Å². The van der Waals surface area contributed by atoms with Gasteiger partial charge < -0.3 is 20.4 Å². The molecule has 2 rings (SSSR count). The molecule has 1 fully saturated rings. The number of nitrogens with one attached hydrogen (secondary N) is 2. The Hall–Kier alpha value is -1.16. The lowest BCUT2D eigenvalue weighted by Gasteiger charge is -2.22. The summed E-state index contributed by atoms with van der Waals surface area (Å²) in [6.07, 6.45) is 0.810. The summed E-state index contributed by atoms with van der Waals surface area (Å²) in [6, 6.07) is 4.10. The van der Waals surface area contributed by atoms with Gasteiger partial charge >= 0.3 is 0 Å². The molecule has 1 heterocycles. The van der Waals surface area contributed by atoms with E-state index in [1.807, 2.05) is 0 Å². The monoisotopic (exact) mass is 481 g/mol. The molecule has 0 radical (unpaired) electrons. The Morgan fingerprint density at radius 3 is 2.50 bits per heavy atom. The molecule has 26 heavy (non-hydrogen) atoms. The van der Waals surface area contributed by atoms with E-state index in [1.165, 1.54) is 18.2 Å². The minimum Gasteiger partial charge on any atom is -0.365 e. The first-order chi connectivity index (χ1) is 12.1. The lowest BCUT2D eigenvalue weighted by atomic mass is 10.2. The minimum absolute atomic E-state index is 0. The molecule has 0 aromatic heterocycles. The average molecular weight is 481 g/mol. The average Bonchev–Trinajstić information content (AvgIpc) is 3.05. The van der Waals surface area contributed by atoms with E-state index in [-0.39, 0.29) is 35.7 Å². The standard InChI is InChI=1S/C18H29F2N5.HI/c1-4-24(5-2)12-10-22-18(21-3)23-14-9-11-25(13-14)17-15(19)7-6-8-16(17)20;/h6-8,14H,4-5,9-13H2,1-3H3,(H2,21,22,23);1H. The summed E-state index contributed by atoms with van der Waals surface area (Å²) >= 11 is 0. The number of hydrogen-bond donors (Lipinski definition) is 2. The Morgan fingerprint density at radius 1 is 1.27 bits per heavy atom. The number of rotatable bonds is 7. The molecule has 1 unspecified atom stereocenters. The van der Waals surface area contributed by atoms with E-state index in [2.05, 4.69) is 34.4 Å². The zero-order valence-electron chi connectivity index (χ0n) is 15.8. The van der Waals surface area contributed by atoms with Crippen LogP contribution in [-0.4, -0.2) is 63.2 Å². The molecule has 1 aliphatic heterocycles. The smallest absolute Gasteiger partial charge is 0.191 e. The van der Waals surface area contributed by atoms with E-state index >= 15 is 0 Å². The van der Waals surface area contributed by atoms with Crippen molar-refractivity contribution in [3.05, 3.63) is 29.8 Å². The number of halogens is 3. The number of likely N-dealkylation sites (N-methyl/N-ethyl adjacent to an activating group) is 1. The topological polar surface area (TPSA) is 42.9 Å². The fourth-order valence-electron chi connectivity index (χ4n) is 3.13. The molecule has 0 saturated carbocycles. The van der Waals surface area contributed by atoms with Gasteiger partial charge in [0.2, 0.25) is 0 Å². The number of benzene rings is 1. The lowest BCUT2D eigenvalue weighted by molar-refractivity contribution is 0.308. The van der Waals surface area contributed by atoms with Gasteiger partial charge in [-0.15, -0.1) is 24.0 Å². The summed E-state index contributed by atoms with van der Waals surface area (Å²) < 4.78 is 27.8. The van der Waals surface area contributed by atoms with Gasteiger partial charge in [0.1, 0.15) is 17.3 Å². The molecular weight excluding hydrogens is 451 g/mol. The summed E-state index contributed by atoms with van der Waals surface area (Å²) in [7, 11) is 1.73. The second-order valence-corrected chi connectivity index (χ2v) is 6.17. The number of hydrogen-bond acceptors (Lipinski definition) is 3. The highest BCUT2D eigenvalue weighted by molar-refractivity contribution is 14.0. The van der Waals surface area contributed by atoms with Crippen LogP contribution in [0.15, 0.2) is 23.2 Å². The van der Waals surface area contributed by atoms with E-state index in [1.54, 1.807) is 11.9 Å². The molecule has 0 spiro atoms. The first-order valence-electron chi connectivity index (χ1n) is 8.97. The maximum atomic E-state index is 13.9. The summed E-state index contributed by atoms with van der Waals surface area (Å²) in [5.41, 5.74) is 0.0660. The Kier molecular flexibility index (Phi) is 10.1. The lowest BCUT2D eigenvalue weighted by Crippen LogP contribution is -2.46. The second-order valence-electron chi connectivity index (χ2n) is 6.17. The highest BCUT2D eigenvalue weighted by Gasteiger charge is 2.27. The Balaban J connectivity index is 0.00000338. The molecule has 1 aliphatic rings. The van der Waals surface area contributed by atoms with Crippen molar-refractivity contribution in [2.24, 2.45) is 4.99 Å². The fraction of sp³-hybridized carbons (Fsp3) is 0.611. The molecular formula is C18H30F2IN5. The van der Waals surface area contributed by atoms with E-state index < -0.39 is 11.6 Å². The van der Waals surface area contributed by atoms with Crippen molar-refractivity contribution in [3.63, 3.8) is 0 Å². The van der Waals surface area contributed by atoms with Crippen molar-refractivity contribution in [1.29, 1.82) is 0 Å². The third-order valence-electron chi connectivity index (χ3n) is 4.62. The number of guanidine groups is 1. The molecule has 1 atom stereocenters. The summed E-state index contributed by atoms with van der Waals surface area (Å²) in [4.78, 5) is 8.33.